The molecule has 0 heterocycles. The predicted octanol–water partition coefficient (Wildman–Crippen LogP) is -1.15. The van der Waals surface area contributed by atoms with Crippen molar-refractivity contribution in [2.75, 3.05) is 6.61 Å². The van der Waals surface area contributed by atoms with Crippen LogP contribution in [0.2, 0.25) is 0 Å². The molecule has 0 saturated carbocycles. The maximum Gasteiger partial charge on any atom is 2.00 e. The van der Waals surface area contributed by atoms with Gasteiger partial charge in [0.05, 0.1) is 7.82 Å². The van der Waals surface area contributed by atoms with Gasteiger partial charge in [0.15, 0.2) is 0 Å². The predicted molar refractivity (Wildman–Crippen MR) is 19.2 cm³/mol. The van der Waals surface area contributed by atoms with Crippen molar-refractivity contribution in [3.8, 4) is 0 Å². The van der Waals surface area contributed by atoms with Crippen molar-refractivity contribution < 1.29 is 35.4 Å². The van der Waals surface area contributed by atoms with Gasteiger partial charge in [-0.15, -0.1) is 0 Å². The van der Waals surface area contributed by atoms with Crippen molar-refractivity contribution in [2.24, 2.45) is 0 Å². The Balaban J connectivity index is 0. The molecule has 0 N–H and O–H groups in total. The summed E-state index contributed by atoms with van der Waals surface area (Å²) in [6, 6.07) is 0. The minimum atomic E-state index is -4.67. The molecule has 0 amide bonds. The second-order valence-corrected chi connectivity index (χ2v) is 2.02. The zero-order valence-electron chi connectivity index (χ0n) is 4.10. The summed E-state index contributed by atoms with van der Waals surface area (Å²) in [6.45, 7) is 1.35. The van der Waals surface area contributed by atoms with Gasteiger partial charge in [0.2, 0.25) is 0 Å². The van der Waals surface area contributed by atoms with Crippen LogP contribution >= 0.6 is 7.82 Å². The van der Waals surface area contributed by atoms with Gasteiger partial charge in [-0.1, -0.05) is 0 Å². The molecule has 0 aliphatic heterocycles. The van der Waals surface area contributed by atoms with E-state index in [-0.39, 0.29) is 23.1 Å². The number of hydrogen-bond acceptors (Lipinski definition) is 4. The molecule has 0 spiro atoms. The summed E-state index contributed by atoms with van der Waals surface area (Å²) in [6.07, 6.45) is 0. The molecule has 4 nitrogen and oxygen atoms in total. The molecule has 0 radical (unpaired) electrons. The van der Waals surface area contributed by atoms with E-state index in [1.807, 2.05) is 0 Å². The molecular formula is C2H5NiO4P. The first-order valence-electron chi connectivity index (χ1n) is 1.73. The smallest absolute Gasteiger partial charge is 0.790 e. The second kappa shape index (κ2) is 4.48. The summed E-state index contributed by atoms with van der Waals surface area (Å²) in [5.41, 5.74) is 0. The van der Waals surface area contributed by atoms with E-state index < -0.39 is 7.82 Å². The van der Waals surface area contributed by atoms with Gasteiger partial charge in [0, 0.05) is 6.61 Å². The topological polar surface area (TPSA) is 72.4 Å². The fraction of sp³-hybridized carbons (Fsp3) is 1.00. The van der Waals surface area contributed by atoms with Crippen LogP contribution in [-0.2, 0) is 25.6 Å². The standard InChI is InChI=1S/C2H7O4P.Ni/c1-2-6-7(3,4)5;/h2H2,1H3,(H2,3,4,5);/q;+2/p-2. The fourth-order valence-electron chi connectivity index (χ4n) is 0.158. The van der Waals surface area contributed by atoms with E-state index in [0.717, 1.165) is 0 Å². The number of hydrogen-bond donors (Lipinski definition) is 0. The van der Waals surface area contributed by atoms with Gasteiger partial charge in [0.1, 0.15) is 0 Å². The van der Waals surface area contributed by atoms with Crippen LogP contribution in [0, 0.1) is 0 Å². The van der Waals surface area contributed by atoms with E-state index in [9.17, 15) is 14.4 Å². The zero-order valence-corrected chi connectivity index (χ0v) is 5.99. The van der Waals surface area contributed by atoms with Crippen molar-refractivity contribution >= 4 is 7.82 Å². The van der Waals surface area contributed by atoms with Crippen molar-refractivity contribution in [3.05, 3.63) is 0 Å². The molecular weight excluding hydrogens is 178 g/mol. The quantitative estimate of drug-likeness (QED) is 0.400. The fourth-order valence-corrected chi connectivity index (χ4v) is 0.474. The summed E-state index contributed by atoms with van der Waals surface area (Å²) in [7, 11) is -4.67. The van der Waals surface area contributed by atoms with Crippen LogP contribution in [0.25, 0.3) is 0 Å². The molecule has 0 bridgehead atoms. The summed E-state index contributed by atoms with van der Waals surface area (Å²) in [4.78, 5) is 19.0. The molecule has 0 aromatic rings. The van der Waals surface area contributed by atoms with Crippen molar-refractivity contribution in [1.82, 2.24) is 0 Å². The van der Waals surface area contributed by atoms with Crippen LogP contribution in [0.15, 0.2) is 0 Å². The van der Waals surface area contributed by atoms with Crippen LogP contribution in [-0.4, -0.2) is 6.61 Å². The minimum absolute atomic E-state index is 0. The Morgan fingerprint density at radius 1 is 1.62 bits per heavy atom. The molecule has 6 heteroatoms. The first-order chi connectivity index (χ1) is 3.06. The average Bonchev–Trinajstić information content (AvgIpc) is 1.30. The van der Waals surface area contributed by atoms with E-state index in [1.165, 1.54) is 6.92 Å². The normalized spacial score (nSPS) is 10.4. The Kier molecular flexibility index (Phi) is 6.39. The van der Waals surface area contributed by atoms with Gasteiger partial charge in [-0.25, -0.2) is 0 Å². The average molecular weight is 183 g/mol. The number of rotatable bonds is 2. The molecule has 52 valence electrons. The summed E-state index contributed by atoms with van der Waals surface area (Å²) in [5.74, 6) is 0. The van der Waals surface area contributed by atoms with Gasteiger partial charge in [-0.2, -0.15) is 0 Å². The molecule has 0 aromatic carbocycles. The molecule has 0 saturated heterocycles. The van der Waals surface area contributed by atoms with Crippen molar-refractivity contribution in [2.45, 2.75) is 6.92 Å². The second-order valence-electron chi connectivity index (χ2n) is 0.865. The molecule has 0 unspecified atom stereocenters. The first kappa shape index (κ1) is 11.4. The minimum Gasteiger partial charge on any atom is -0.790 e. The number of phosphoric acid groups is 1. The summed E-state index contributed by atoms with van der Waals surface area (Å²) >= 11 is 0. The van der Waals surface area contributed by atoms with E-state index in [1.54, 1.807) is 0 Å². The van der Waals surface area contributed by atoms with E-state index in [0.29, 0.717) is 0 Å². The van der Waals surface area contributed by atoms with Gasteiger partial charge in [-0.3, -0.25) is 0 Å². The Morgan fingerprint density at radius 3 is 2.00 bits per heavy atom. The van der Waals surface area contributed by atoms with Crippen LogP contribution in [0.3, 0.4) is 0 Å². The summed E-state index contributed by atoms with van der Waals surface area (Å²) < 4.78 is 13.2. The first-order valence-corrected chi connectivity index (χ1v) is 3.19. The maximum atomic E-state index is 9.48. The van der Waals surface area contributed by atoms with E-state index >= 15 is 0 Å². The largest absolute Gasteiger partial charge is 2.00 e. The number of phosphoric ester groups is 1. The third-order valence-electron chi connectivity index (χ3n) is 0.287. The molecule has 0 aliphatic rings. The van der Waals surface area contributed by atoms with Gasteiger partial charge >= 0.3 is 16.5 Å². The SMILES string of the molecule is CCOP(=O)([O-])[O-].[Ni+2]. The summed E-state index contributed by atoms with van der Waals surface area (Å²) in [5, 5.41) is 0. The van der Waals surface area contributed by atoms with Crippen LogP contribution in [0.1, 0.15) is 6.92 Å². The Morgan fingerprint density at radius 2 is 2.00 bits per heavy atom. The van der Waals surface area contributed by atoms with Gasteiger partial charge in [-0.05, 0) is 6.92 Å². The molecule has 0 atom stereocenters. The Labute approximate surface area is 57.4 Å². The molecule has 0 rings (SSSR count). The third-order valence-corrected chi connectivity index (χ3v) is 0.862. The van der Waals surface area contributed by atoms with Crippen LogP contribution in [0.4, 0.5) is 0 Å². The van der Waals surface area contributed by atoms with Crippen LogP contribution < -0.4 is 9.79 Å². The molecule has 0 fully saturated rings. The zero-order chi connectivity index (χ0) is 5.91. The Hall–Kier alpha value is 0.604. The van der Waals surface area contributed by atoms with Crippen LogP contribution in [0.5, 0.6) is 0 Å². The van der Waals surface area contributed by atoms with E-state index in [4.69, 9.17) is 0 Å². The Bertz CT molecular complexity index is 88.0. The molecule has 0 aromatic heterocycles. The molecule has 8 heavy (non-hydrogen) atoms. The van der Waals surface area contributed by atoms with Crippen molar-refractivity contribution in [1.29, 1.82) is 0 Å². The third kappa shape index (κ3) is 9.78. The van der Waals surface area contributed by atoms with Gasteiger partial charge in [0.25, 0.3) is 0 Å². The monoisotopic (exact) mass is 182 g/mol. The van der Waals surface area contributed by atoms with Crippen molar-refractivity contribution in [3.63, 3.8) is 0 Å². The van der Waals surface area contributed by atoms with Gasteiger partial charge < -0.3 is 18.9 Å². The molecule has 0 aliphatic carbocycles. The van der Waals surface area contributed by atoms with E-state index in [2.05, 4.69) is 4.52 Å². The maximum absolute atomic E-state index is 9.48.